The summed E-state index contributed by atoms with van der Waals surface area (Å²) in [5.41, 5.74) is 3.25. The standard InChI is InChI=1S/C30H34N2O7/c1-20(2)17-32(18-27(34)29(37)39-19-22-6-4-3-5-7-22)30(38)31-26(28(35)36)16-21-8-10-23(11-9-21)24-12-14-25(33)15-13-24/h3-15,20,26-27,33-34H,16-19H2,1-2H3,(H,31,38)(H,35,36)/t26-,27-/m0/s1. The van der Waals surface area contributed by atoms with Crippen LogP contribution in [0.25, 0.3) is 11.1 Å². The number of carbonyl (C=O) groups excluding carboxylic acids is 2. The van der Waals surface area contributed by atoms with E-state index in [1.54, 1.807) is 60.7 Å². The normalized spacial score (nSPS) is 12.4. The Bertz CT molecular complexity index is 1230. The average molecular weight is 535 g/mol. The number of hydrogen-bond acceptors (Lipinski definition) is 6. The highest BCUT2D eigenvalue weighted by atomic mass is 16.5. The zero-order chi connectivity index (χ0) is 28.4. The number of phenolic OH excluding ortho intramolecular Hbond substituents is 1. The fourth-order valence-corrected chi connectivity index (χ4v) is 3.95. The smallest absolute Gasteiger partial charge is 0.337 e. The van der Waals surface area contributed by atoms with Gasteiger partial charge in [0, 0.05) is 13.0 Å². The van der Waals surface area contributed by atoms with Gasteiger partial charge in [-0.1, -0.05) is 80.6 Å². The van der Waals surface area contributed by atoms with Crippen molar-refractivity contribution in [1.29, 1.82) is 0 Å². The fraction of sp³-hybridized carbons (Fsp3) is 0.300. The van der Waals surface area contributed by atoms with E-state index in [1.807, 2.05) is 32.0 Å². The summed E-state index contributed by atoms with van der Waals surface area (Å²) in [4.78, 5) is 38.6. The molecular weight excluding hydrogens is 500 g/mol. The van der Waals surface area contributed by atoms with Crippen molar-refractivity contribution in [3.8, 4) is 16.9 Å². The van der Waals surface area contributed by atoms with Crippen LogP contribution in [0.1, 0.15) is 25.0 Å². The second-order valence-electron chi connectivity index (χ2n) is 9.70. The molecule has 0 aliphatic heterocycles. The van der Waals surface area contributed by atoms with Crippen molar-refractivity contribution in [3.05, 3.63) is 90.0 Å². The Morgan fingerprint density at radius 3 is 2.00 bits per heavy atom. The third-order valence-corrected chi connectivity index (χ3v) is 5.95. The first-order valence-corrected chi connectivity index (χ1v) is 12.7. The van der Waals surface area contributed by atoms with Crippen molar-refractivity contribution in [2.45, 2.75) is 39.0 Å². The maximum atomic E-state index is 13.1. The number of phenols is 1. The molecule has 0 fully saturated rings. The molecule has 3 rings (SSSR count). The molecule has 0 bridgehead atoms. The number of esters is 1. The predicted octanol–water partition coefficient (Wildman–Crippen LogP) is 3.83. The maximum absolute atomic E-state index is 13.1. The molecule has 0 aromatic heterocycles. The zero-order valence-corrected chi connectivity index (χ0v) is 22.0. The van der Waals surface area contributed by atoms with E-state index < -0.39 is 30.1 Å². The number of amides is 2. The van der Waals surface area contributed by atoms with Crippen LogP contribution in [0.15, 0.2) is 78.9 Å². The van der Waals surface area contributed by atoms with E-state index in [0.29, 0.717) is 5.56 Å². The van der Waals surface area contributed by atoms with Crippen molar-refractivity contribution in [3.63, 3.8) is 0 Å². The van der Waals surface area contributed by atoms with E-state index >= 15 is 0 Å². The Morgan fingerprint density at radius 1 is 0.846 bits per heavy atom. The van der Waals surface area contributed by atoms with Gasteiger partial charge in [-0.25, -0.2) is 14.4 Å². The lowest BCUT2D eigenvalue weighted by atomic mass is 10.0. The number of nitrogens with zero attached hydrogens (tertiary/aromatic N) is 1. The Hall–Kier alpha value is -4.37. The molecule has 0 saturated carbocycles. The van der Waals surface area contributed by atoms with Crippen LogP contribution in [-0.2, 0) is 27.4 Å². The molecule has 0 spiro atoms. The van der Waals surface area contributed by atoms with Gasteiger partial charge in [-0.15, -0.1) is 0 Å². The van der Waals surface area contributed by atoms with E-state index in [-0.39, 0.29) is 37.8 Å². The maximum Gasteiger partial charge on any atom is 0.337 e. The van der Waals surface area contributed by atoms with Crippen LogP contribution in [0, 0.1) is 5.92 Å². The third-order valence-electron chi connectivity index (χ3n) is 5.95. The van der Waals surface area contributed by atoms with Crippen LogP contribution in [0.5, 0.6) is 5.75 Å². The average Bonchev–Trinajstić information content (AvgIpc) is 2.92. The van der Waals surface area contributed by atoms with Gasteiger partial charge < -0.3 is 30.3 Å². The Kier molecular flexibility index (Phi) is 10.5. The minimum Gasteiger partial charge on any atom is -0.508 e. The molecule has 206 valence electrons. The molecule has 9 heteroatoms. The number of carboxylic acids is 1. The van der Waals surface area contributed by atoms with Gasteiger partial charge >= 0.3 is 18.0 Å². The Morgan fingerprint density at radius 2 is 1.44 bits per heavy atom. The number of ether oxygens (including phenoxy) is 1. The number of aliphatic hydroxyl groups is 1. The summed E-state index contributed by atoms with van der Waals surface area (Å²) in [6, 6.07) is 21.0. The summed E-state index contributed by atoms with van der Waals surface area (Å²) in [6.07, 6.45) is -1.55. The number of rotatable bonds is 12. The minimum absolute atomic E-state index is 0.000916. The second kappa shape index (κ2) is 14.0. The molecule has 0 aliphatic carbocycles. The van der Waals surface area contributed by atoms with Crippen LogP contribution in [0.4, 0.5) is 4.79 Å². The first-order chi connectivity index (χ1) is 18.6. The van der Waals surface area contributed by atoms with E-state index in [4.69, 9.17) is 4.74 Å². The number of hydrogen-bond donors (Lipinski definition) is 4. The number of nitrogens with one attached hydrogen (secondary N) is 1. The number of carboxylic acid groups (broad SMARTS) is 1. The van der Waals surface area contributed by atoms with Crippen LogP contribution in [-0.4, -0.2) is 63.4 Å². The highest BCUT2D eigenvalue weighted by molar-refractivity contribution is 5.83. The summed E-state index contributed by atoms with van der Waals surface area (Å²) in [5.74, 6) is -1.92. The molecule has 4 N–H and O–H groups in total. The molecule has 0 aliphatic rings. The molecule has 3 aromatic rings. The van der Waals surface area contributed by atoms with Crippen LogP contribution in [0.3, 0.4) is 0 Å². The number of carbonyl (C=O) groups is 3. The first kappa shape index (κ1) is 29.2. The lowest BCUT2D eigenvalue weighted by molar-refractivity contribution is -0.155. The molecule has 0 unspecified atom stereocenters. The number of benzene rings is 3. The molecule has 9 nitrogen and oxygen atoms in total. The summed E-state index contributed by atoms with van der Waals surface area (Å²) < 4.78 is 5.17. The van der Waals surface area contributed by atoms with E-state index in [0.717, 1.165) is 16.7 Å². The molecule has 0 heterocycles. The van der Waals surface area contributed by atoms with Crippen LogP contribution < -0.4 is 5.32 Å². The molecular formula is C30H34N2O7. The van der Waals surface area contributed by atoms with Gasteiger partial charge in [0.1, 0.15) is 18.4 Å². The predicted molar refractivity (Wildman–Crippen MR) is 146 cm³/mol. The lowest BCUT2D eigenvalue weighted by Crippen LogP contribution is -2.52. The first-order valence-electron chi connectivity index (χ1n) is 12.7. The molecule has 3 aromatic carbocycles. The number of aliphatic hydroxyl groups excluding tert-OH is 1. The van der Waals surface area contributed by atoms with E-state index in [1.165, 1.54) is 4.90 Å². The largest absolute Gasteiger partial charge is 0.508 e. The topological polar surface area (TPSA) is 136 Å². The van der Waals surface area contributed by atoms with Crippen molar-refractivity contribution in [1.82, 2.24) is 10.2 Å². The van der Waals surface area contributed by atoms with Crippen molar-refractivity contribution >= 4 is 18.0 Å². The molecule has 2 amide bonds. The minimum atomic E-state index is -1.59. The third kappa shape index (κ3) is 9.15. The summed E-state index contributed by atoms with van der Waals surface area (Å²) in [5, 5.41) is 32.2. The summed E-state index contributed by atoms with van der Waals surface area (Å²) in [7, 11) is 0. The van der Waals surface area contributed by atoms with Crippen molar-refractivity contribution in [2.24, 2.45) is 5.92 Å². The van der Waals surface area contributed by atoms with Gasteiger partial charge in [0.2, 0.25) is 0 Å². The monoisotopic (exact) mass is 534 g/mol. The van der Waals surface area contributed by atoms with Gasteiger partial charge in [-0.2, -0.15) is 0 Å². The number of urea groups is 1. The van der Waals surface area contributed by atoms with Gasteiger partial charge in [-0.3, -0.25) is 0 Å². The fourth-order valence-electron chi connectivity index (χ4n) is 3.95. The quantitative estimate of drug-likeness (QED) is 0.259. The van der Waals surface area contributed by atoms with E-state index in [2.05, 4.69) is 5.32 Å². The van der Waals surface area contributed by atoms with Gasteiger partial charge in [0.15, 0.2) is 6.10 Å². The lowest BCUT2D eigenvalue weighted by Gasteiger charge is -2.28. The summed E-state index contributed by atoms with van der Waals surface area (Å²) >= 11 is 0. The van der Waals surface area contributed by atoms with Gasteiger partial charge in [0.25, 0.3) is 0 Å². The molecule has 2 atom stereocenters. The highest BCUT2D eigenvalue weighted by Crippen LogP contribution is 2.22. The second-order valence-corrected chi connectivity index (χ2v) is 9.70. The highest BCUT2D eigenvalue weighted by Gasteiger charge is 2.28. The molecule has 0 radical (unpaired) electrons. The van der Waals surface area contributed by atoms with Crippen molar-refractivity contribution < 1.29 is 34.4 Å². The number of aliphatic carboxylic acids is 1. The van der Waals surface area contributed by atoms with Gasteiger partial charge in [-0.05, 0) is 40.3 Å². The zero-order valence-electron chi connectivity index (χ0n) is 22.0. The number of aromatic hydroxyl groups is 1. The van der Waals surface area contributed by atoms with Crippen LogP contribution in [0.2, 0.25) is 0 Å². The molecule has 39 heavy (non-hydrogen) atoms. The Labute approximate surface area is 227 Å². The van der Waals surface area contributed by atoms with Gasteiger partial charge in [0.05, 0.1) is 6.54 Å². The van der Waals surface area contributed by atoms with Crippen LogP contribution >= 0.6 is 0 Å². The molecule has 0 saturated heterocycles. The van der Waals surface area contributed by atoms with Crippen molar-refractivity contribution in [2.75, 3.05) is 13.1 Å². The van der Waals surface area contributed by atoms with E-state index in [9.17, 15) is 29.7 Å². The SMILES string of the molecule is CC(C)CN(C[C@H](O)C(=O)OCc1ccccc1)C(=O)N[C@@H](Cc1ccc(-c2ccc(O)cc2)cc1)C(=O)O. The Balaban J connectivity index is 1.62. The summed E-state index contributed by atoms with van der Waals surface area (Å²) in [6.45, 7) is 3.57.